The summed E-state index contributed by atoms with van der Waals surface area (Å²) in [4.78, 5) is 24.3. The third kappa shape index (κ3) is 4.83. The van der Waals surface area contributed by atoms with Crippen LogP contribution in [0.1, 0.15) is 32.0 Å². The molecular weight excluding hydrogens is 374 g/mol. The van der Waals surface area contributed by atoms with E-state index in [4.69, 9.17) is 16.6 Å². The minimum atomic E-state index is -0.332. The van der Waals surface area contributed by atoms with Crippen LogP contribution in [0, 0.1) is 13.8 Å². The van der Waals surface area contributed by atoms with E-state index in [0.717, 1.165) is 11.1 Å². The molecule has 2 aromatic carbocycles. The molecule has 142 valence electrons. The Balaban J connectivity index is 1.57. The fourth-order valence-electron chi connectivity index (χ4n) is 2.64. The Morgan fingerprint density at radius 2 is 1.57 bits per heavy atom. The van der Waals surface area contributed by atoms with Gasteiger partial charge in [-0.25, -0.2) is 0 Å². The number of thiocarbonyl (C=S) groups is 1. The molecule has 3 N–H and O–H groups in total. The van der Waals surface area contributed by atoms with E-state index in [1.165, 1.54) is 6.26 Å². The van der Waals surface area contributed by atoms with E-state index in [9.17, 15) is 9.59 Å². The number of anilines is 2. The molecule has 1 aromatic heterocycles. The Morgan fingerprint density at radius 1 is 0.893 bits per heavy atom. The molecule has 0 fully saturated rings. The average molecular weight is 393 g/mol. The van der Waals surface area contributed by atoms with Crippen molar-refractivity contribution in [2.75, 3.05) is 10.6 Å². The van der Waals surface area contributed by atoms with E-state index in [0.29, 0.717) is 16.9 Å². The molecule has 0 saturated heterocycles. The topological polar surface area (TPSA) is 83.4 Å². The lowest BCUT2D eigenvalue weighted by molar-refractivity contribution is 0.0974. The Hall–Kier alpha value is -3.45. The van der Waals surface area contributed by atoms with E-state index in [-0.39, 0.29) is 22.7 Å². The number of carbonyl (C=O) groups is 2. The second-order valence-corrected chi connectivity index (χ2v) is 6.64. The van der Waals surface area contributed by atoms with Gasteiger partial charge in [0.15, 0.2) is 10.9 Å². The minimum absolute atomic E-state index is 0.192. The Bertz CT molecular complexity index is 1010. The SMILES string of the molecule is Cc1ccc(C(=O)NC(=S)Nc2ccc(NC(=O)c3ccco3)cc2)c(C)c1. The maximum absolute atomic E-state index is 12.4. The van der Waals surface area contributed by atoms with Gasteiger partial charge in [-0.15, -0.1) is 0 Å². The summed E-state index contributed by atoms with van der Waals surface area (Å²) in [5.74, 6) is -0.364. The van der Waals surface area contributed by atoms with Crippen LogP contribution in [-0.4, -0.2) is 16.9 Å². The van der Waals surface area contributed by atoms with Gasteiger partial charge in [0.25, 0.3) is 11.8 Å². The molecule has 28 heavy (non-hydrogen) atoms. The lowest BCUT2D eigenvalue weighted by atomic mass is 10.1. The molecule has 2 amide bonds. The van der Waals surface area contributed by atoms with Crippen molar-refractivity contribution in [2.45, 2.75) is 13.8 Å². The van der Waals surface area contributed by atoms with Gasteiger partial charge in [0.05, 0.1) is 6.26 Å². The third-order valence-corrected chi connectivity index (χ3v) is 4.20. The summed E-state index contributed by atoms with van der Waals surface area (Å²) < 4.78 is 5.05. The Kier molecular flexibility index (Phi) is 5.86. The fraction of sp³-hybridized carbons (Fsp3) is 0.0952. The van der Waals surface area contributed by atoms with Crippen LogP contribution in [0.2, 0.25) is 0 Å². The second-order valence-electron chi connectivity index (χ2n) is 6.24. The quantitative estimate of drug-likeness (QED) is 0.577. The molecule has 1 heterocycles. The molecule has 0 radical (unpaired) electrons. The summed E-state index contributed by atoms with van der Waals surface area (Å²) in [6.07, 6.45) is 1.44. The molecule has 0 aliphatic carbocycles. The second kappa shape index (κ2) is 8.49. The van der Waals surface area contributed by atoms with Crippen molar-refractivity contribution in [3.8, 4) is 0 Å². The van der Waals surface area contributed by atoms with Crippen molar-refractivity contribution in [2.24, 2.45) is 0 Å². The molecule has 0 aliphatic rings. The molecule has 3 rings (SSSR count). The zero-order valence-corrected chi connectivity index (χ0v) is 16.2. The maximum atomic E-state index is 12.4. The van der Waals surface area contributed by atoms with Gasteiger partial charge in [0, 0.05) is 16.9 Å². The number of nitrogens with one attached hydrogen (secondary N) is 3. The standard InChI is InChI=1S/C21H19N3O3S/c1-13-5-10-17(14(2)12-13)19(25)24-21(28)23-16-8-6-15(7-9-16)22-20(26)18-4-3-11-27-18/h3-12H,1-2H3,(H,22,26)(H2,23,24,25,28). The first-order chi connectivity index (χ1) is 13.4. The van der Waals surface area contributed by atoms with Crippen molar-refractivity contribution in [3.63, 3.8) is 0 Å². The minimum Gasteiger partial charge on any atom is -0.459 e. The van der Waals surface area contributed by atoms with E-state index < -0.39 is 0 Å². The van der Waals surface area contributed by atoms with Gasteiger partial charge in [0.2, 0.25) is 0 Å². The summed E-state index contributed by atoms with van der Waals surface area (Å²) >= 11 is 5.21. The van der Waals surface area contributed by atoms with Gasteiger partial charge >= 0.3 is 0 Å². The molecule has 6 nitrogen and oxygen atoms in total. The maximum Gasteiger partial charge on any atom is 0.291 e. The zero-order chi connectivity index (χ0) is 20.1. The smallest absolute Gasteiger partial charge is 0.291 e. The summed E-state index contributed by atoms with van der Waals surface area (Å²) in [5.41, 5.74) is 3.84. The van der Waals surface area contributed by atoms with Crippen LogP contribution in [0.5, 0.6) is 0 Å². The van der Waals surface area contributed by atoms with Crippen molar-refractivity contribution in [1.82, 2.24) is 5.32 Å². The Labute approximate surface area is 167 Å². The van der Waals surface area contributed by atoms with E-state index >= 15 is 0 Å². The molecule has 0 aliphatic heterocycles. The van der Waals surface area contributed by atoms with Crippen LogP contribution in [0.4, 0.5) is 11.4 Å². The molecule has 0 atom stereocenters. The largest absolute Gasteiger partial charge is 0.459 e. The highest BCUT2D eigenvalue weighted by Gasteiger charge is 2.11. The molecular formula is C21H19N3O3S. The number of rotatable bonds is 4. The lowest BCUT2D eigenvalue weighted by Crippen LogP contribution is -2.34. The number of benzene rings is 2. The van der Waals surface area contributed by atoms with Crippen molar-refractivity contribution >= 4 is 40.5 Å². The van der Waals surface area contributed by atoms with Gasteiger partial charge in [-0.05, 0) is 74.1 Å². The highest BCUT2D eigenvalue weighted by atomic mass is 32.1. The number of carbonyl (C=O) groups excluding carboxylic acids is 2. The summed E-state index contributed by atoms with van der Waals surface area (Å²) in [6.45, 7) is 3.86. The highest BCUT2D eigenvalue weighted by molar-refractivity contribution is 7.80. The number of furan rings is 1. The van der Waals surface area contributed by atoms with Crippen LogP contribution >= 0.6 is 12.2 Å². The normalized spacial score (nSPS) is 10.2. The first-order valence-corrected chi connectivity index (χ1v) is 8.98. The van der Waals surface area contributed by atoms with Crippen molar-refractivity contribution in [1.29, 1.82) is 0 Å². The van der Waals surface area contributed by atoms with Crippen LogP contribution in [0.25, 0.3) is 0 Å². The first-order valence-electron chi connectivity index (χ1n) is 8.57. The lowest BCUT2D eigenvalue weighted by Gasteiger charge is -2.12. The summed E-state index contributed by atoms with van der Waals surface area (Å²) in [6, 6.07) is 15.8. The van der Waals surface area contributed by atoms with Gasteiger partial charge in [0.1, 0.15) is 0 Å². The van der Waals surface area contributed by atoms with Gasteiger partial charge in [-0.3, -0.25) is 14.9 Å². The van der Waals surface area contributed by atoms with Crippen LogP contribution < -0.4 is 16.0 Å². The third-order valence-electron chi connectivity index (χ3n) is 4.00. The predicted octanol–water partition coefficient (Wildman–Crippen LogP) is 4.28. The van der Waals surface area contributed by atoms with Crippen LogP contribution in [0.15, 0.2) is 65.3 Å². The van der Waals surface area contributed by atoms with E-state index in [1.807, 2.05) is 26.0 Å². The average Bonchev–Trinajstić information content (AvgIpc) is 3.18. The monoisotopic (exact) mass is 393 g/mol. The van der Waals surface area contributed by atoms with E-state index in [1.54, 1.807) is 42.5 Å². The summed E-state index contributed by atoms with van der Waals surface area (Å²) in [5, 5.41) is 8.54. The van der Waals surface area contributed by atoms with Gasteiger partial charge < -0.3 is 15.1 Å². The number of hydrogen-bond acceptors (Lipinski definition) is 4. The van der Waals surface area contributed by atoms with Gasteiger partial charge in [-0.1, -0.05) is 17.7 Å². The molecule has 0 saturated carbocycles. The summed E-state index contributed by atoms with van der Waals surface area (Å²) in [7, 11) is 0. The Morgan fingerprint density at radius 3 is 2.18 bits per heavy atom. The first kappa shape index (κ1) is 19.3. The number of amides is 2. The molecule has 0 bridgehead atoms. The van der Waals surface area contributed by atoms with Crippen LogP contribution in [0.3, 0.4) is 0 Å². The fourth-order valence-corrected chi connectivity index (χ4v) is 2.85. The van der Waals surface area contributed by atoms with Crippen molar-refractivity contribution in [3.05, 3.63) is 83.3 Å². The predicted molar refractivity (Wildman–Crippen MR) is 113 cm³/mol. The number of hydrogen-bond donors (Lipinski definition) is 3. The number of aryl methyl sites for hydroxylation is 2. The van der Waals surface area contributed by atoms with Crippen LogP contribution in [-0.2, 0) is 0 Å². The van der Waals surface area contributed by atoms with Gasteiger partial charge in [-0.2, -0.15) is 0 Å². The molecule has 0 spiro atoms. The molecule has 3 aromatic rings. The molecule has 0 unspecified atom stereocenters. The van der Waals surface area contributed by atoms with Crippen molar-refractivity contribution < 1.29 is 14.0 Å². The highest BCUT2D eigenvalue weighted by Crippen LogP contribution is 2.15. The van der Waals surface area contributed by atoms with E-state index in [2.05, 4.69) is 16.0 Å². The molecule has 7 heteroatoms. The zero-order valence-electron chi connectivity index (χ0n) is 15.4.